The monoisotopic (exact) mass is 378 g/mol. The van der Waals surface area contributed by atoms with Gasteiger partial charge in [0.15, 0.2) is 0 Å². The molecule has 148 valence electrons. The lowest BCUT2D eigenvalue weighted by molar-refractivity contribution is -0.0336. The van der Waals surface area contributed by atoms with Gasteiger partial charge in [0.2, 0.25) is 0 Å². The number of fused-ring (bicyclic) bond motifs is 2. The summed E-state index contributed by atoms with van der Waals surface area (Å²) in [7, 11) is 0. The van der Waals surface area contributed by atoms with E-state index < -0.39 is 0 Å². The van der Waals surface area contributed by atoms with Crippen molar-refractivity contribution in [1.29, 1.82) is 0 Å². The van der Waals surface area contributed by atoms with E-state index in [-0.39, 0.29) is 5.60 Å². The average molecular weight is 379 g/mol. The van der Waals surface area contributed by atoms with Gasteiger partial charge in [-0.25, -0.2) is 4.98 Å². The average Bonchev–Trinajstić information content (AvgIpc) is 3.16. The molecule has 1 aromatic carbocycles. The SMILES string of the molecule is c1cn2c(n1)CN(c1ccc3c(c1)CCC1(CCN(C4CCC4)CC1)O3)CC2. The van der Waals surface area contributed by atoms with Crippen LogP contribution in [0, 0.1) is 0 Å². The molecule has 0 N–H and O–H groups in total. The Labute approximate surface area is 167 Å². The summed E-state index contributed by atoms with van der Waals surface area (Å²) in [5, 5.41) is 0. The Bertz CT molecular complexity index is 863. The van der Waals surface area contributed by atoms with Crippen LogP contribution in [0.3, 0.4) is 0 Å². The summed E-state index contributed by atoms with van der Waals surface area (Å²) in [6.07, 6.45) is 13.0. The molecule has 2 fully saturated rings. The van der Waals surface area contributed by atoms with Crippen molar-refractivity contribution in [2.75, 3.05) is 24.5 Å². The maximum Gasteiger partial charge on any atom is 0.128 e. The number of piperidine rings is 1. The topological polar surface area (TPSA) is 33.5 Å². The second-order valence-electron chi connectivity index (χ2n) is 9.16. The molecule has 0 atom stereocenters. The van der Waals surface area contributed by atoms with Gasteiger partial charge < -0.3 is 19.1 Å². The molecule has 5 heteroatoms. The minimum absolute atomic E-state index is 0.0879. The van der Waals surface area contributed by atoms with E-state index in [1.54, 1.807) is 0 Å². The van der Waals surface area contributed by atoms with Gasteiger partial charge in [-0.3, -0.25) is 0 Å². The van der Waals surface area contributed by atoms with Crippen LogP contribution < -0.4 is 9.64 Å². The van der Waals surface area contributed by atoms with Crippen LogP contribution in [0.25, 0.3) is 0 Å². The van der Waals surface area contributed by atoms with Gasteiger partial charge in [-0.05, 0) is 62.3 Å². The van der Waals surface area contributed by atoms with Crippen LogP contribution in [0.4, 0.5) is 5.69 Å². The van der Waals surface area contributed by atoms with Crippen molar-refractivity contribution in [3.05, 3.63) is 42.0 Å². The summed E-state index contributed by atoms with van der Waals surface area (Å²) in [6.45, 7) is 5.40. The third-order valence-electron chi connectivity index (χ3n) is 7.63. The number of aryl methyl sites for hydroxylation is 1. The predicted octanol–water partition coefficient (Wildman–Crippen LogP) is 3.62. The highest BCUT2D eigenvalue weighted by atomic mass is 16.5. The first-order chi connectivity index (χ1) is 13.8. The number of aromatic nitrogens is 2. The van der Waals surface area contributed by atoms with Crippen LogP contribution in [0.1, 0.15) is 49.9 Å². The van der Waals surface area contributed by atoms with Gasteiger partial charge in [-0.15, -0.1) is 0 Å². The number of anilines is 1. The lowest BCUT2D eigenvalue weighted by Crippen LogP contribution is -2.53. The molecule has 5 nitrogen and oxygen atoms in total. The summed E-state index contributed by atoms with van der Waals surface area (Å²) in [5.41, 5.74) is 2.79. The zero-order valence-electron chi connectivity index (χ0n) is 16.6. The maximum atomic E-state index is 6.66. The molecule has 3 aliphatic heterocycles. The van der Waals surface area contributed by atoms with Crippen molar-refractivity contribution in [3.63, 3.8) is 0 Å². The van der Waals surface area contributed by atoms with Gasteiger partial charge in [0.25, 0.3) is 0 Å². The third-order valence-corrected chi connectivity index (χ3v) is 7.63. The zero-order chi connectivity index (χ0) is 18.6. The minimum Gasteiger partial charge on any atom is -0.487 e. The molecule has 1 saturated carbocycles. The van der Waals surface area contributed by atoms with E-state index in [0.29, 0.717) is 0 Å². The number of rotatable bonds is 2. The van der Waals surface area contributed by atoms with E-state index in [0.717, 1.165) is 43.7 Å². The molecule has 0 bridgehead atoms. The molecule has 2 aromatic rings. The van der Waals surface area contributed by atoms with Crippen LogP contribution >= 0.6 is 0 Å². The molecule has 1 aromatic heterocycles. The molecule has 1 aliphatic carbocycles. The second kappa shape index (κ2) is 6.51. The normalized spacial score (nSPS) is 24.4. The highest BCUT2D eigenvalue weighted by Gasteiger charge is 2.41. The number of hydrogen-bond acceptors (Lipinski definition) is 4. The third kappa shape index (κ3) is 2.83. The number of hydrogen-bond donors (Lipinski definition) is 0. The molecule has 0 amide bonds. The Kier molecular flexibility index (Phi) is 3.93. The molecule has 4 heterocycles. The van der Waals surface area contributed by atoms with Gasteiger partial charge in [0.05, 0.1) is 6.54 Å². The standard InChI is InChI=1S/C23H30N4O/c1-2-19(3-1)25-11-8-23(9-12-25)7-6-18-16-20(4-5-21(18)28-23)27-15-14-26-13-10-24-22(26)17-27/h4-5,10,13,16,19H,1-3,6-9,11-12,14-15,17H2. The van der Waals surface area contributed by atoms with E-state index in [9.17, 15) is 0 Å². The Hall–Kier alpha value is -2.01. The predicted molar refractivity (Wildman–Crippen MR) is 110 cm³/mol. The van der Waals surface area contributed by atoms with Gasteiger partial charge >= 0.3 is 0 Å². The summed E-state index contributed by atoms with van der Waals surface area (Å²) >= 11 is 0. The number of benzene rings is 1. The summed E-state index contributed by atoms with van der Waals surface area (Å²) in [5.74, 6) is 2.29. The van der Waals surface area contributed by atoms with Crippen LogP contribution in [-0.2, 0) is 19.5 Å². The maximum absolute atomic E-state index is 6.66. The van der Waals surface area contributed by atoms with E-state index in [1.807, 2.05) is 6.20 Å². The van der Waals surface area contributed by atoms with Gasteiger partial charge in [0, 0.05) is 50.3 Å². The summed E-state index contributed by atoms with van der Waals surface area (Å²) in [4.78, 5) is 9.67. The van der Waals surface area contributed by atoms with Crippen LogP contribution in [-0.4, -0.2) is 45.7 Å². The number of imidazole rings is 1. The largest absolute Gasteiger partial charge is 0.487 e. The fraction of sp³-hybridized carbons (Fsp3) is 0.609. The first-order valence-corrected chi connectivity index (χ1v) is 11.1. The second-order valence-corrected chi connectivity index (χ2v) is 9.16. The molecular weight excluding hydrogens is 348 g/mol. The number of ether oxygens (including phenoxy) is 1. The van der Waals surface area contributed by atoms with Crippen molar-refractivity contribution in [2.45, 2.75) is 69.7 Å². The summed E-state index contributed by atoms with van der Waals surface area (Å²) in [6, 6.07) is 7.71. The van der Waals surface area contributed by atoms with E-state index in [2.05, 4.69) is 43.7 Å². The Morgan fingerprint density at radius 2 is 1.93 bits per heavy atom. The molecule has 4 aliphatic rings. The van der Waals surface area contributed by atoms with Crippen molar-refractivity contribution >= 4 is 5.69 Å². The van der Waals surface area contributed by atoms with Crippen molar-refractivity contribution < 1.29 is 4.74 Å². The van der Waals surface area contributed by atoms with Crippen molar-refractivity contribution in [2.24, 2.45) is 0 Å². The highest BCUT2D eigenvalue weighted by Crippen LogP contribution is 2.42. The Morgan fingerprint density at radius 3 is 2.75 bits per heavy atom. The van der Waals surface area contributed by atoms with E-state index in [4.69, 9.17) is 4.74 Å². The smallest absolute Gasteiger partial charge is 0.128 e. The first-order valence-electron chi connectivity index (χ1n) is 11.1. The van der Waals surface area contributed by atoms with Gasteiger partial charge in [0.1, 0.15) is 17.2 Å². The van der Waals surface area contributed by atoms with E-state index in [1.165, 1.54) is 62.9 Å². The lowest BCUT2D eigenvalue weighted by Gasteiger charge is -2.48. The van der Waals surface area contributed by atoms with Crippen LogP contribution in [0.2, 0.25) is 0 Å². The zero-order valence-corrected chi connectivity index (χ0v) is 16.6. The summed E-state index contributed by atoms with van der Waals surface area (Å²) < 4.78 is 8.93. The Morgan fingerprint density at radius 1 is 1.04 bits per heavy atom. The molecular formula is C23H30N4O. The van der Waals surface area contributed by atoms with Crippen molar-refractivity contribution in [1.82, 2.24) is 14.5 Å². The number of nitrogens with zero attached hydrogens (tertiary/aromatic N) is 4. The minimum atomic E-state index is 0.0879. The van der Waals surface area contributed by atoms with E-state index >= 15 is 0 Å². The van der Waals surface area contributed by atoms with Crippen LogP contribution in [0.15, 0.2) is 30.6 Å². The molecule has 0 unspecified atom stereocenters. The fourth-order valence-electron chi connectivity index (χ4n) is 5.50. The molecule has 1 saturated heterocycles. The van der Waals surface area contributed by atoms with Gasteiger partial charge in [-0.1, -0.05) is 6.42 Å². The lowest BCUT2D eigenvalue weighted by atomic mass is 9.81. The molecule has 28 heavy (non-hydrogen) atoms. The Balaban J connectivity index is 1.16. The molecule has 1 spiro atoms. The quantitative estimate of drug-likeness (QED) is 0.799. The first kappa shape index (κ1) is 16.9. The number of likely N-dealkylation sites (tertiary alicyclic amines) is 1. The fourth-order valence-corrected chi connectivity index (χ4v) is 5.50. The molecule has 6 rings (SSSR count). The highest BCUT2D eigenvalue weighted by molar-refractivity contribution is 5.54. The molecule has 0 radical (unpaired) electrons. The van der Waals surface area contributed by atoms with Gasteiger partial charge in [-0.2, -0.15) is 0 Å². The van der Waals surface area contributed by atoms with Crippen LogP contribution in [0.5, 0.6) is 5.75 Å². The van der Waals surface area contributed by atoms with Crippen molar-refractivity contribution in [3.8, 4) is 5.75 Å².